The lowest BCUT2D eigenvalue weighted by Gasteiger charge is -2.28. The second-order valence-electron chi connectivity index (χ2n) is 3.01. The Balaban J connectivity index is 2.47. The SMILES string of the molecule is C=C(C)[C@H]1CNCC[C@@H]1O. The standard InChI is InChI=1S/C8H15NO/c1-6(2)7-5-9-4-3-8(7)10/h7-10H,1,3-5H2,2H3/t7-,8+/m1/s1. The van der Waals surface area contributed by atoms with E-state index >= 15 is 0 Å². The molecule has 0 spiro atoms. The zero-order chi connectivity index (χ0) is 7.56. The van der Waals surface area contributed by atoms with Crippen molar-refractivity contribution in [1.82, 2.24) is 5.32 Å². The van der Waals surface area contributed by atoms with Gasteiger partial charge in [0.1, 0.15) is 0 Å². The summed E-state index contributed by atoms with van der Waals surface area (Å²) in [4.78, 5) is 0. The molecule has 1 rings (SSSR count). The first-order chi connectivity index (χ1) is 4.72. The summed E-state index contributed by atoms with van der Waals surface area (Å²) in [7, 11) is 0. The largest absolute Gasteiger partial charge is 0.392 e. The predicted octanol–water partition coefficient (Wildman–Crippen LogP) is 0.533. The van der Waals surface area contributed by atoms with Gasteiger partial charge in [-0.2, -0.15) is 0 Å². The van der Waals surface area contributed by atoms with E-state index in [-0.39, 0.29) is 12.0 Å². The molecule has 2 heteroatoms. The maximum atomic E-state index is 9.44. The molecule has 0 amide bonds. The highest BCUT2D eigenvalue weighted by Crippen LogP contribution is 2.17. The van der Waals surface area contributed by atoms with E-state index in [2.05, 4.69) is 11.9 Å². The van der Waals surface area contributed by atoms with Gasteiger partial charge >= 0.3 is 0 Å². The smallest absolute Gasteiger partial charge is 0.0629 e. The minimum absolute atomic E-state index is 0.168. The summed E-state index contributed by atoms with van der Waals surface area (Å²) >= 11 is 0. The van der Waals surface area contributed by atoms with Gasteiger partial charge < -0.3 is 10.4 Å². The number of hydrogen-bond donors (Lipinski definition) is 2. The molecular weight excluding hydrogens is 126 g/mol. The van der Waals surface area contributed by atoms with Crippen LogP contribution in [0.3, 0.4) is 0 Å². The lowest BCUT2D eigenvalue weighted by Crippen LogP contribution is -2.40. The van der Waals surface area contributed by atoms with Crippen LogP contribution in [0.5, 0.6) is 0 Å². The fraction of sp³-hybridized carbons (Fsp3) is 0.750. The van der Waals surface area contributed by atoms with Crippen LogP contribution in [-0.4, -0.2) is 24.3 Å². The number of hydrogen-bond acceptors (Lipinski definition) is 2. The molecule has 1 aliphatic heterocycles. The summed E-state index contributed by atoms with van der Waals surface area (Å²) in [5.74, 6) is 0.272. The van der Waals surface area contributed by atoms with Gasteiger partial charge in [0.25, 0.3) is 0 Å². The molecule has 0 aromatic carbocycles. The van der Waals surface area contributed by atoms with E-state index in [4.69, 9.17) is 0 Å². The van der Waals surface area contributed by atoms with E-state index in [1.165, 1.54) is 0 Å². The zero-order valence-corrected chi connectivity index (χ0v) is 6.43. The zero-order valence-electron chi connectivity index (χ0n) is 6.43. The van der Waals surface area contributed by atoms with Gasteiger partial charge in [-0.05, 0) is 19.9 Å². The molecule has 2 N–H and O–H groups in total. The van der Waals surface area contributed by atoms with Crippen LogP contribution in [0.25, 0.3) is 0 Å². The third kappa shape index (κ3) is 1.58. The normalized spacial score (nSPS) is 33.8. The number of piperidine rings is 1. The fourth-order valence-electron chi connectivity index (χ4n) is 1.35. The highest BCUT2D eigenvalue weighted by molar-refractivity contribution is 5.02. The van der Waals surface area contributed by atoms with Crippen LogP contribution in [0, 0.1) is 5.92 Å². The van der Waals surface area contributed by atoms with Crippen molar-refractivity contribution in [2.24, 2.45) is 5.92 Å². The molecule has 1 saturated heterocycles. The third-order valence-electron chi connectivity index (χ3n) is 2.08. The van der Waals surface area contributed by atoms with Gasteiger partial charge in [0, 0.05) is 12.5 Å². The van der Waals surface area contributed by atoms with Crippen LogP contribution in [0.1, 0.15) is 13.3 Å². The first-order valence-electron chi connectivity index (χ1n) is 3.76. The van der Waals surface area contributed by atoms with Crippen LogP contribution in [0.15, 0.2) is 12.2 Å². The molecule has 1 heterocycles. The van der Waals surface area contributed by atoms with Crippen LogP contribution in [0.4, 0.5) is 0 Å². The molecule has 0 saturated carbocycles. The van der Waals surface area contributed by atoms with Crippen molar-refractivity contribution in [2.75, 3.05) is 13.1 Å². The average Bonchev–Trinajstić information content (AvgIpc) is 1.88. The molecule has 2 atom stereocenters. The summed E-state index contributed by atoms with van der Waals surface area (Å²) in [5.41, 5.74) is 1.08. The Morgan fingerprint density at radius 3 is 2.80 bits per heavy atom. The number of aliphatic hydroxyl groups excluding tert-OH is 1. The first-order valence-corrected chi connectivity index (χ1v) is 3.76. The Hall–Kier alpha value is -0.340. The van der Waals surface area contributed by atoms with E-state index in [0.717, 1.165) is 25.1 Å². The fourth-order valence-corrected chi connectivity index (χ4v) is 1.35. The van der Waals surface area contributed by atoms with Gasteiger partial charge in [-0.1, -0.05) is 12.2 Å². The molecule has 1 aliphatic rings. The third-order valence-corrected chi connectivity index (χ3v) is 2.08. The quantitative estimate of drug-likeness (QED) is 0.522. The van der Waals surface area contributed by atoms with Crippen LogP contribution >= 0.6 is 0 Å². The van der Waals surface area contributed by atoms with E-state index in [1.54, 1.807) is 0 Å². The molecule has 58 valence electrons. The van der Waals surface area contributed by atoms with E-state index in [0.29, 0.717) is 0 Å². The van der Waals surface area contributed by atoms with Crippen molar-refractivity contribution in [1.29, 1.82) is 0 Å². The lowest BCUT2D eigenvalue weighted by molar-refractivity contribution is 0.0963. The summed E-state index contributed by atoms with van der Waals surface area (Å²) in [5, 5.41) is 12.7. The molecule has 0 bridgehead atoms. The minimum Gasteiger partial charge on any atom is -0.392 e. The number of nitrogens with one attached hydrogen (secondary N) is 1. The van der Waals surface area contributed by atoms with Crippen molar-refractivity contribution in [2.45, 2.75) is 19.4 Å². The highest BCUT2D eigenvalue weighted by Gasteiger charge is 2.22. The molecule has 2 nitrogen and oxygen atoms in total. The Morgan fingerprint density at radius 1 is 1.70 bits per heavy atom. The van der Waals surface area contributed by atoms with Crippen molar-refractivity contribution in [3.8, 4) is 0 Å². The summed E-state index contributed by atoms with van der Waals surface area (Å²) in [6, 6.07) is 0. The second kappa shape index (κ2) is 3.17. The van der Waals surface area contributed by atoms with E-state index in [1.807, 2.05) is 6.92 Å². The van der Waals surface area contributed by atoms with Crippen LogP contribution in [0.2, 0.25) is 0 Å². The highest BCUT2D eigenvalue weighted by atomic mass is 16.3. The molecule has 0 unspecified atom stereocenters. The predicted molar refractivity (Wildman–Crippen MR) is 41.8 cm³/mol. The monoisotopic (exact) mass is 141 g/mol. The molecule has 0 aromatic rings. The van der Waals surface area contributed by atoms with E-state index in [9.17, 15) is 5.11 Å². The maximum Gasteiger partial charge on any atom is 0.0629 e. The van der Waals surface area contributed by atoms with Crippen LogP contribution in [-0.2, 0) is 0 Å². The summed E-state index contributed by atoms with van der Waals surface area (Å²) in [6.07, 6.45) is 0.691. The van der Waals surface area contributed by atoms with Gasteiger partial charge in [0.05, 0.1) is 6.10 Å². The Bertz CT molecular complexity index is 133. The summed E-state index contributed by atoms with van der Waals surface area (Å²) in [6.45, 7) is 7.62. The van der Waals surface area contributed by atoms with Crippen LogP contribution < -0.4 is 5.32 Å². The molecule has 0 aliphatic carbocycles. The minimum atomic E-state index is -0.168. The first kappa shape index (κ1) is 7.76. The van der Waals surface area contributed by atoms with Gasteiger partial charge in [-0.3, -0.25) is 0 Å². The average molecular weight is 141 g/mol. The Kier molecular flexibility index (Phi) is 2.46. The van der Waals surface area contributed by atoms with Crippen molar-refractivity contribution < 1.29 is 5.11 Å². The summed E-state index contributed by atoms with van der Waals surface area (Å²) < 4.78 is 0. The second-order valence-corrected chi connectivity index (χ2v) is 3.01. The van der Waals surface area contributed by atoms with Gasteiger partial charge in [-0.15, -0.1) is 0 Å². The molecule has 10 heavy (non-hydrogen) atoms. The van der Waals surface area contributed by atoms with Gasteiger partial charge in [0.15, 0.2) is 0 Å². The lowest BCUT2D eigenvalue weighted by atomic mass is 9.91. The molecule has 0 aromatic heterocycles. The molecule has 0 radical (unpaired) electrons. The van der Waals surface area contributed by atoms with Crippen molar-refractivity contribution in [3.05, 3.63) is 12.2 Å². The maximum absolute atomic E-state index is 9.44. The van der Waals surface area contributed by atoms with Crippen molar-refractivity contribution >= 4 is 0 Å². The molecular formula is C8H15NO. The topological polar surface area (TPSA) is 32.3 Å². The number of aliphatic hydroxyl groups is 1. The van der Waals surface area contributed by atoms with Gasteiger partial charge in [0.2, 0.25) is 0 Å². The molecule has 1 fully saturated rings. The van der Waals surface area contributed by atoms with Crippen molar-refractivity contribution in [3.63, 3.8) is 0 Å². The van der Waals surface area contributed by atoms with Gasteiger partial charge in [-0.25, -0.2) is 0 Å². The Labute approximate surface area is 61.9 Å². The van der Waals surface area contributed by atoms with E-state index < -0.39 is 0 Å². The Morgan fingerprint density at radius 2 is 2.40 bits per heavy atom. The number of rotatable bonds is 1.